The maximum atomic E-state index is 11.6. The average molecular weight is 226 g/mol. The van der Waals surface area contributed by atoms with E-state index in [0.717, 1.165) is 5.92 Å². The molecular formula is C13H26N2O. The summed E-state index contributed by atoms with van der Waals surface area (Å²) in [5.74, 6) is 1.04. The summed E-state index contributed by atoms with van der Waals surface area (Å²) < 4.78 is 0. The van der Waals surface area contributed by atoms with E-state index in [2.05, 4.69) is 17.6 Å². The van der Waals surface area contributed by atoms with E-state index in [-0.39, 0.29) is 11.9 Å². The number of carbonyl (C=O) groups excluding carboxylic acids is 1. The Hall–Kier alpha value is -0.570. The molecule has 0 aliphatic heterocycles. The van der Waals surface area contributed by atoms with Gasteiger partial charge in [0.05, 0.1) is 6.04 Å². The van der Waals surface area contributed by atoms with Crippen molar-refractivity contribution in [2.24, 2.45) is 5.92 Å². The zero-order valence-electron chi connectivity index (χ0n) is 10.9. The van der Waals surface area contributed by atoms with Crippen molar-refractivity contribution in [2.75, 3.05) is 6.54 Å². The van der Waals surface area contributed by atoms with Gasteiger partial charge >= 0.3 is 0 Å². The van der Waals surface area contributed by atoms with Gasteiger partial charge in [-0.15, -0.1) is 0 Å². The number of amides is 1. The van der Waals surface area contributed by atoms with Gasteiger partial charge in [0, 0.05) is 12.6 Å². The van der Waals surface area contributed by atoms with Crippen molar-refractivity contribution in [1.82, 2.24) is 10.6 Å². The highest BCUT2D eigenvalue weighted by Gasteiger charge is 2.22. The summed E-state index contributed by atoms with van der Waals surface area (Å²) >= 11 is 0. The molecular weight excluding hydrogens is 200 g/mol. The molecule has 0 aromatic heterocycles. The third-order valence-electron chi connectivity index (χ3n) is 3.65. The lowest BCUT2D eigenvalue weighted by Crippen LogP contribution is -2.47. The molecule has 1 fully saturated rings. The van der Waals surface area contributed by atoms with Crippen LogP contribution in [-0.2, 0) is 4.79 Å². The van der Waals surface area contributed by atoms with Gasteiger partial charge in [0.25, 0.3) is 0 Å². The minimum atomic E-state index is -0.0527. The molecule has 0 aromatic rings. The van der Waals surface area contributed by atoms with Crippen LogP contribution in [0.15, 0.2) is 0 Å². The number of carbonyl (C=O) groups is 1. The van der Waals surface area contributed by atoms with E-state index in [1.165, 1.54) is 32.1 Å². The number of nitrogens with one attached hydrogen (secondary N) is 2. The van der Waals surface area contributed by atoms with Gasteiger partial charge in [-0.2, -0.15) is 0 Å². The smallest absolute Gasteiger partial charge is 0.236 e. The Morgan fingerprint density at radius 3 is 2.38 bits per heavy atom. The lowest BCUT2D eigenvalue weighted by molar-refractivity contribution is -0.122. The summed E-state index contributed by atoms with van der Waals surface area (Å²) in [6.07, 6.45) is 6.38. The maximum Gasteiger partial charge on any atom is 0.236 e. The highest BCUT2D eigenvalue weighted by Crippen LogP contribution is 2.26. The van der Waals surface area contributed by atoms with Crippen LogP contribution in [0.5, 0.6) is 0 Å². The summed E-state index contributed by atoms with van der Waals surface area (Å²) in [6.45, 7) is 6.90. The quantitative estimate of drug-likeness (QED) is 0.753. The van der Waals surface area contributed by atoms with Crippen molar-refractivity contribution in [2.45, 2.75) is 65.0 Å². The van der Waals surface area contributed by atoms with Gasteiger partial charge < -0.3 is 10.6 Å². The van der Waals surface area contributed by atoms with Gasteiger partial charge in [0.15, 0.2) is 0 Å². The molecule has 0 heterocycles. The first-order chi connectivity index (χ1) is 7.67. The molecule has 0 aromatic carbocycles. The third-order valence-corrected chi connectivity index (χ3v) is 3.65. The summed E-state index contributed by atoms with van der Waals surface area (Å²) in [5, 5.41) is 6.29. The number of likely N-dealkylation sites (N-methyl/N-ethyl adjacent to an activating group) is 1. The van der Waals surface area contributed by atoms with Crippen LogP contribution in [0.25, 0.3) is 0 Å². The predicted molar refractivity (Wildman–Crippen MR) is 67.3 cm³/mol. The predicted octanol–water partition coefficient (Wildman–Crippen LogP) is 2.07. The highest BCUT2D eigenvalue weighted by molar-refractivity contribution is 5.81. The molecule has 1 unspecified atom stereocenters. The van der Waals surface area contributed by atoms with Crippen LogP contribution in [0.3, 0.4) is 0 Å². The summed E-state index contributed by atoms with van der Waals surface area (Å²) in [4.78, 5) is 11.6. The Kier molecular flexibility index (Phi) is 5.81. The summed E-state index contributed by atoms with van der Waals surface area (Å²) in [5.41, 5.74) is 0. The molecule has 1 aliphatic carbocycles. The first-order valence-corrected chi connectivity index (χ1v) is 6.71. The van der Waals surface area contributed by atoms with Gasteiger partial charge in [0.2, 0.25) is 5.91 Å². The molecule has 1 atom stereocenters. The Bertz CT molecular complexity index is 210. The topological polar surface area (TPSA) is 41.1 Å². The molecule has 3 heteroatoms. The number of hydrogen-bond acceptors (Lipinski definition) is 2. The fraction of sp³-hybridized carbons (Fsp3) is 0.923. The molecule has 0 radical (unpaired) electrons. The van der Waals surface area contributed by atoms with Crippen molar-refractivity contribution >= 4 is 5.91 Å². The zero-order valence-corrected chi connectivity index (χ0v) is 10.9. The third kappa shape index (κ3) is 4.12. The SMILES string of the molecule is CCNC(=O)C(C)NC1CCC(CC)CC1. The van der Waals surface area contributed by atoms with E-state index in [1.54, 1.807) is 0 Å². The minimum Gasteiger partial charge on any atom is -0.355 e. The summed E-state index contributed by atoms with van der Waals surface area (Å²) in [7, 11) is 0. The van der Waals surface area contributed by atoms with Gasteiger partial charge in [-0.25, -0.2) is 0 Å². The fourth-order valence-corrected chi connectivity index (χ4v) is 2.49. The Labute approximate surface area is 99.4 Å². The van der Waals surface area contributed by atoms with Crippen LogP contribution in [0.2, 0.25) is 0 Å². The molecule has 0 saturated heterocycles. The lowest BCUT2D eigenvalue weighted by atomic mass is 9.84. The van der Waals surface area contributed by atoms with Crippen molar-refractivity contribution < 1.29 is 4.79 Å². The molecule has 94 valence electrons. The largest absolute Gasteiger partial charge is 0.355 e. The Morgan fingerprint density at radius 2 is 1.88 bits per heavy atom. The molecule has 2 N–H and O–H groups in total. The molecule has 1 rings (SSSR count). The number of rotatable bonds is 5. The monoisotopic (exact) mass is 226 g/mol. The van der Waals surface area contributed by atoms with Gasteiger partial charge in [-0.05, 0) is 45.4 Å². The highest BCUT2D eigenvalue weighted by atomic mass is 16.2. The minimum absolute atomic E-state index is 0.0527. The van der Waals surface area contributed by atoms with E-state index < -0.39 is 0 Å². The number of hydrogen-bond donors (Lipinski definition) is 2. The van der Waals surface area contributed by atoms with Crippen LogP contribution in [0.1, 0.15) is 52.9 Å². The van der Waals surface area contributed by atoms with E-state index >= 15 is 0 Å². The van der Waals surface area contributed by atoms with Crippen molar-refractivity contribution in [3.8, 4) is 0 Å². The second-order valence-corrected chi connectivity index (χ2v) is 4.91. The molecule has 3 nitrogen and oxygen atoms in total. The van der Waals surface area contributed by atoms with Gasteiger partial charge in [-0.1, -0.05) is 13.3 Å². The average Bonchev–Trinajstić information content (AvgIpc) is 2.30. The molecule has 0 bridgehead atoms. The van der Waals surface area contributed by atoms with Crippen LogP contribution >= 0.6 is 0 Å². The molecule has 16 heavy (non-hydrogen) atoms. The van der Waals surface area contributed by atoms with E-state index in [4.69, 9.17) is 0 Å². The molecule has 1 aliphatic rings. The maximum absolute atomic E-state index is 11.6. The molecule has 0 spiro atoms. The standard InChI is InChI=1S/C13H26N2O/c1-4-11-6-8-12(9-7-11)15-10(3)13(16)14-5-2/h10-12,15H,4-9H2,1-3H3,(H,14,16). The molecule has 1 saturated carbocycles. The lowest BCUT2D eigenvalue weighted by Gasteiger charge is -2.30. The second kappa shape index (κ2) is 6.89. The van der Waals surface area contributed by atoms with Crippen LogP contribution < -0.4 is 10.6 Å². The first kappa shape index (κ1) is 13.5. The van der Waals surface area contributed by atoms with E-state index in [0.29, 0.717) is 12.6 Å². The van der Waals surface area contributed by atoms with Gasteiger partial charge in [-0.3, -0.25) is 4.79 Å². The van der Waals surface area contributed by atoms with E-state index in [1.807, 2.05) is 13.8 Å². The Morgan fingerprint density at radius 1 is 1.25 bits per heavy atom. The summed E-state index contributed by atoms with van der Waals surface area (Å²) in [6, 6.07) is 0.489. The Balaban J connectivity index is 2.25. The van der Waals surface area contributed by atoms with Crippen LogP contribution in [-0.4, -0.2) is 24.5 Å². The molecule has 1 amide bonds. The second-order valence-electron chi connectivity index (χ2n) is 4.91. The first-order valence-electron chi connectivity index (χ1n) is 6.71. The van der Waals surface area contributed by atoms with Crippen molar-refractivity contribution in [3.05, 3.63) is 0 Å². The van der Waals surface area contributed by atoms with Crippen LogP contribution in [0.4, 0.5) is 0 Å². The zero-order chi connectivity index (χ0) is 12.0. The van der Waals surface area contributed by atoms with Crippen LogP contribution in [0, 0.1) is 5.92 Å². The fourth-order valence-electron chi connectivity index (χ4n) is 2.49. The normalized spacial score (nSPS) is 27.4. The van der Waals surface area contributed by atoms with Crippen molar-refractivity contribution in [1.29, 1.82) is 0 Å². The van der Waals surface area contributed by atoms with Gasteiger partial charge in [0.1, 0.15) is 0 Å². The van der Waals surface area contributed by atoms with Crippen molar-refractivity contribution in [3.63, 3.8) is 0 Å². The van der Waals surface area contributed by atoms with E-state index in [9.17, 15) is 4.79 Å².